The van der Waals surface area contributed by atoms with Crippen molar-refractivity contribution in [1.29, 1.82) is 0 Å². The van der Waals surface area contributed by atoms with Gasteiger partial charge in [-0.3, -0.25) is 14.6 Å². The number of nitrogens with one attached hydrogen (secondary N) is 1. The fraction of sp³-hybridized carbons (Fsp3) is 0.381. The molecule has 6 nitrogen and oxygen atoms in total. The summed E-state index contributed by atoms with van der Waals surface area (Å²) in [6.45, 7) is 1.51. The predicted octanol–water partition coefficient (Wildman–Crippen LogP) is 2.60. The van der Waals surface area contributed by atoms with E-state index in [-0.39, 0.29) is 30.2 Å². The van der Waals surface area contributed by atoms with Crippen molar-refractivity contribution >= 4 is 11.8 Å². The van der Waals surface area contributed by atoms with E-state index in [9.17, 15) is 14.0 Å². The molecule has 0 aliphatic carbocycles. The van der Waals surface area contributed by atoms with E-state index in [0.29, 0.717) is 24.3 Å². The van der Waals surface area contributed by atoms with Crippen LogP contribution in [0.15, 0.2) is 42.6 Å². The number of fused-ring (bicyclic) bond motifs is 1. The number of hydrogen-bond donors (Lipinski definition) is 1. The van der Waals surface area contributed by atoms with E-state index in [2.05, 4.69) is 10.3 Å². The number of carbonyl (C=O) groups excluding carboxylic acids is 2. The van der Waals surface area contributed by atoms with Gasteiger partial charge in [0.05, 0.1) is 29.8 Å². The zero-order valence-corrected chi connectivity index (χ0v) is 15.4. The van der Waals surface area contributed by atoms with Gasteiger partial charge >= 0.3 is 0 Å². The first-order chi connectivity index (χ1) is 13.6. The van der Waals surface area contributed by atoms with Crippen LogP contribution < -0.4 is 5.32 Å². The Morgan fingerprint density at radius 2 is 2.11 bits per heavy atom. The predicted molar refractivity (Wildman–Crippen MR) is 99.9 cm³/mol. The Balaban J connectivity index is 1.49. The van der Waals surface area contributed by atoms with Gasteiger partial charge in [-0.2, -0.15) is 0 Å². The second-order valence-electron chi connectivity index (χ2n) is 7.15. The Morgan fingerprint density at radius 3 is 2.86 bits per heavy atom. The molecular formula is C21H22FN3O3. The number of hydrogen-bond acceptors (Lipinski definition) is 4. The van der Waals surface area contributed by atoms with Crippen LogP contribution in [0.4, 0.5) is 4.39 Å². The van der Waals surface area contributed by atoms with Crippen molar-refractivity contribution in [3.05, 3.63) is 65.2 Å². The molecule has 0 bridgehead atoms. The molecule has 2 aliphatic heterocycles. The van der Waals surface area contributed by atoms with Gasteiger partial charge in [0.15, 0.2) is 0 Å². The van der Waals surface area contributed by atoms with E-state index in [0.717, 1.165) is 25.0 Å². The molecule has 2 aromatic rings. The van der Waals surface area contributed by atoms with Crippen molar-refractivity contribution < 1.29 is 18.7 Å². The maximum absolute atomic E-state index is 13.2. The van der Waals surface area contributed by atoms with Crippen LogP contribution >= 0.6 is 0 Å². The van der Waals surface area contributed by atoms with Gasteiger partial charge in [0.1, 0.15) is 5.82 Å². The number of rotatable bonds is 6. The summed E-state index contributed by atoms with van der Waals surface area (Å²) in [6.07, 6.45) is 3.79. The second kappa shape index (κ2) is 8.06. The van der Waals surface area contributed by atoms with Crippen molar-refractivity contribution in [3.8, 4) is 0 Å². The average Bonchev–Trinajstić information content (AvgIpc) is 3.31. The largest absolute Gasteiger partial charge is 0.376 e. The van der Waals surface area contributed by atoms with Gasteiger partial charge in [-0.05, 0) is 42.7 Å². The van der Waals surface area contributed by atoms with E-state index < -0.39 is 6.04 Å². The first kappa shape index (κ1) is 18.6. The highest BCUT2D eigenvalue weighted by Crippen LogP contribution is 2.35. The van der Waals surface area contributed by atoms with Crippen LogP contribution in [-0.2, 0) is 16.1 Å². The molecule has 2 atom stereocenters. The zero-order chi connectivity index (χ0) is 19.5. The van der Waals surface area contributed by atoms with Gasteiger partial charge < -0.3 is 15.0 Å². The lowest BCUT2D eigenvalue weighted by Gasteiger charge is -2.25. The number of ether oxygens (including phenoxy) is 1. The SMILES string of the molecule is O=C(C[C@H]1c2ncccc2C(=O)N1Cc1ccc(F)cc1)NC[C@H]1CCCO1. The number of pyridine rings is 1. The van der Waals surface area contributed by atoms with Crippen molar-refractivity contribution in [2.75, 3.05) is 13.2 Å². The van der Waals surface area contributed by atoms with E-state index >= 15 is 0 Å². The summed E-state index contributed by atoms with van der Waals surface area (Å²) < 4.78 is 18.7. The van der Waals surface area contributed by atoms with Crippen molar-refractivity contribution in [2.45, 2.75) is 38.0 Å². The molecule has 1 fully saturated rings. The molecular weight excluding hydrogens is 361 g/mol. The monoisotopic (exact) mass is 383 g/mol. The smallest absolute Gasteiger partial charge is 0.256 e. The number of aromatic nitrogens is 1. The van der Waals surface area contributed by atoms with Gasteiger partial charge in [0.2, 0.25) is 5.91 Å². The van der Waals surface area contributed by atoms with Crippen LogP contribution in [0.25, 0.3) is 0 Å². The molecule has 0 saturated carbocycles. The van der Waals surface area contributed by atoms with Gasteiger partial charge in [-0.15, -0.1) is 0 Å². The maximum atomic E-state index is 13.2. The van der Waals surface area contributed by atoms with Crippen LogP contribution in [0.5, 0.6) is 0 Å². The molecule has 0 radical (unpaired) electrons. The summed E-state index contributed by atoms with van der Waals surface area (Å²) in [5, 5.41) is 2.91. The highest BCUT2D eigenvalue weighted by molar-refractivity contribution is 5.99. The molecule has 1 N–H and O–H groups in total. The molecule has 4 rings (SSSR count). The third-order valence-electron chi connectivity index (χ3n) is 5.22. The molecule has 1 saturated heterocycles. The minimum Gasteiger partial charge on any atom is -0.376 e. The molecule has 0 spiro atoms. The van der Waals surface area contributed by atoms with Crippen molar-refractivity contribution in [2.24, 2.45) is 0 Å². The fourth-order valence-electron chi connectivity index (χ4n) is 3.76. The van der Waals surface area contributed by atoms with Crippen LogP contribution in [0, 0.1) is 5.82 Å². The lowest BCUT2D eigenvalue weighted by atomic mass is 10.1. The normalized spacial score (nSPS) is 21.0. The number of benzene rings is 1. The van der Waals surface area contributed by atoms with Crippen LogP contribution in [-0.4, -0.2) is 41.0 Å². The minimum absolute atomic E-state index is 0.0647. The summed E-state index contributed by atoms with van der Waals surface area (Å²) in [5.41, 5.74) is 1.93. The highest BCUT2D eigenvalue weighted by Gasteiger charge is 2.38. The van der Waals surface area contributed by atoms with E-state index in [4.69, 9.17) is 4.74 Å². The number of nitrogens with zero attached hydrogens (tertiary/aromatic N) is 2. The lowest BCUT2D eigenvalue weighted by molar-refractivity contribution is -0.122. The Bertz CT molecular complexity index is 865. The second-order valence-corrected chi connectivity index (χ2v) is 7.15. The number of halogens is 1. The number of amides is 2. The zero-order valence-electron chi connectivity index (χ0n) is 15.4. The molecule has 0 unspecified atom stereocenters. The van der Waals surface area contributed by atoms with Crippen LogP contribution in [0.1, 0.15) is 46.9 Å². The molecule has 7 heteroatoms. The minimum atomic E-state index is -0.446. The van der Waals surface area contributed by atoms with Gasteiger partial charge in [-0.25, -0.2) is 4.39 Å². The Hall–Kier alpha value is -2.80. The summed E-state index contributed by atoms with van der Waals surface area (Å²) in [7, 11) is 0. The first-order valence-electron chi connectivity index (χ1n) is 9.50. The molecule has 2 aliphatic rings. The first-order valence-corrected chi connectivity index (χ1v) is 9.50. The molecule has 2 amide bonds. The van der Waals surface area contributed by atoms with E-state index in [1.165, 1.54) is 12.1 Å². The molecule has 28 heavy (non-hydrogen) atoms. The highest BCUT2D eigenvalue weighted by atomic mass is 19.1. The standard InChI is InChI=1S/C21H22FN3O3/c22-15-7-5-14(6-8-15)13-25-18(20-17(21(25)27)4-1-9-23-20)11-19(26)24-12-16-3-2-10-28-16/h1,4-9,16,18H,2-3,10-13H2,(H,24,26)/t16-,18+/m1/s1. The van der Waals surface area contributed by atoms with Gasteiger partial charge in [0.25, 0.3) is 5.91 Å². The van der Waals surface area contributed by atoms with Crippen LogP contribution in [0.3, 0.4) is 0 Å². The van der Waals surface area contributed by atoms with Gasteiger partial charge in [-0.1, -0.05) is 12.1 Å². The summed E-state index contributed by atoms with van der Waals surface area (Å²) in [6, 6.07) is 9.02. The summed E-state index contributed by atoms with van der Waals surface area (Å²) >= 11 is 0. The van der Waals surface area contributed by atoms with Gasteiger partial charge in [0, 0.05) is 25.9 Å². The molecule has 3 heterocycles. The Kier molecular flexibility index (Phi) is 5.34. The Morgan fingerprint density at radius 1 is 1.29 bits per heavy atom. The van der Waals surface area contributed by atoms with E-state index in [1.807, 2.05) is 0 Å². The third-order valence-corrected chi connectivity index (χ3v) is 5.22. The van der Waals surface area contributed by atoms with E-state index in [1.54, 1.807) is 35.4 Å². The average molecular weight is 383 g/mol. The summed E-state index contributed by atoms with van der Waals surface area (Å²) in [4.78, 5) is 31.4. The molecule has 1 aromatic carbocycles. The quantitative estimate of drug-likeness (QED) is 0.832. The topological polar surface area (TPSA) is 71.5 Å². The maximum Gasteiger partial charge on any atom is 0.256 e. The lowest BCUT2D eigenvalue weighted by Crippen LogP contribution is -2.35. The number of carbonyl (C=O) groups is 2. The Labute approximate surface area is 162 Å². The molecule has 1 aromatic heterocycles. The summed E-state index contributed by atoms with van der Waals surface area (Å²) in [5.74, 6) is -0.633. The third kappa shape index (κ3) is 3.89. The van der Waals surface area contributed by atoms with Crippen molar-refractivity contribution in [1.82, 2.24) is 15.2 Å². The van der Waals surface area contributed by atoms with Crippen molar-refractivity contribution in [3.63, 3.8) is 0 Å². The molecule has 146 valence electrons. The van der Waals surface area contributed by atoms with Crippen LogP contribution in [0.2, 0.25) is 0 Å². The fourth-order valence-corrected chi connectivity index (χ4v) is 3.76.